The molecule has 0 amide bonds. The van der Waals surface area contributed by atoms with Crippen LogP contribution in [0.4, 0.5) is 0 Å². The first-order chi connectivity index (χ1) is 7.63. The van der Waals surface area contributed by atoms with Gasteiger partial charge >= 0.3 is 5.97 Å². The molecule has 5 nitrogen and oxygen atoms in total. The summed E-state index contributed by atoms with van der Waals surface area (Å²) in [6.07, 6.45) is 1.55. The third kappa shape index (κ3) is 3.66. The van der Waals surface area contributed by atoms with E-state index in [-0.39, 0.29) is 5.56 Å². The molecule has 0 aliphatic rings. The van der Waals surface area contributed by atoms with E-state index in [0.29, 0.717) is 5.11 Å². The number of hydrogen-bond acceptors (Lipinski definition) is 3. The number of benzene rings is 1. The number of aromatic carboxylic acids is 1. The first kappa shape index (κ1) is 12.1. The standard InChI is InChI=1S/C10H11N3O2S/c1-11-10(16)13-12-6-7-2-4-8(5-3-7)9(14)15/h2-6H,1H3,(H,14,15)(H2,11,13,16). The first-order valence-corrected chi connectivity index (χ1v) is 4.88. The third-order valence-electron chi connectivity index (χ3n) is 1.76. The zero-order valence-corrected chi connectivity index (χ0v) is 9.41. The van der Waals surface area contributed by atoms with Crippen molar-refractivity contribution >= 4 is 29.5 Å². The summed E-state index contributed by atoms with van der Waals surface area (Å²) in [7, 11) is 1.69. The number of nitrogens with zero attached hydrogens (tertiary/aromatic N) is 1. The predicted molar refractivity (Wildman–Crippen MR) is 65.8 cm³/mol. The lowest BCUT2D eigenvalue weighted by atomic mass is 10.1. The van der Waals surface area contributed by atoms with Crippen LogP contribution in [0.25, 0.3) is 0 Å². The van der Waals surface area contributed by atoms with Crippen molar-refractivity contribution in [2.24, 2.45) is 5.10 Å². The van der Waals surface area contributed by atoms with Gasteiger partial charge in [-0.3, -0.25) is 5.43 Å². The molecule has 0 heterocycles. The summed E-state index contributed by atoms with van der Waals surface area (Å²) in [5, 5.41) is 15.7. The highest BCUT2D eigenvalue weighted by molar-refractivity contribution is 7.80. The summed E-state index contributed by atoms with van der Waals surface area (Å²) < 4.78 is 0. The first-order valence-electron chi connectivity index (χ1n) is 4.47. The molecular weight excluding hydrogens is 226 g/mol. The average molecular weight is 237 g/mol. The van der Waals surface area contributed by atoms with Crippen LogP contribution in [-0.4, -0.2) is 29.5 Å². The molecule has 0 fully saturated rings. The molecule has 1 aromatic rings. The molecule has 1 rings (SSSR count). The maximum absolute atomic E-state index is 10.6. The van der Waals surface area contributed by atoms with E-state index in [1.165, 1.54) is 12.1 Å². The summed E-state index contributed by atoms with van der Waals surface area (Å²) in [6.45, 7) is 0. The van der Waals surface area contributed by atoms with Gasteiger partial charge in [0.2, 0.25) is 0 Å². The molecule has 16 heavy (non-hydrogen) atoms. The molecule has 0 unspecified atom stereocenters. The van der Waals surface area contributed by atoms with Crippen LogP contribution in [-0.2, 0) is 0 Å². The second-order valence-electron chi connectivity index (χ2n) is 2.88. The molecule has 1 aromatic carbocycles. The van der Waals surface area contributed by atoms with Gasteiger partial charge in [-0.2, -0.15) is 5.10 Å². The number of rotatable bonds is 3. The second kappa shape index (κ2) is 5.82. The zero-order valence-electron chi connectivity index (χ0n) is 8.60. The highest BCUT2D eigenvalue weighted by Gasteiger charge is 1.99. The van der Waals surface area contributed by atoms with Gasteiger partial charge in [0.15, 0.2) is 5.11 Å². The van der Waals surface area contributed by atoms with Crippen molar-refractivity contribution in [1.82, 2.24) is 10.7 Å². The Balaban J connectivity index is 2.61. The Kier molecular flexibility index (Phi) is 4.41. The zero-order chi connectivity index (χ0) is 12.0. The highest BCUT2D eigenvalue weighted by atomic mass is 32.1. The van der Waals surface area contributed by atoms with E-state index in [1.807, 2.05) is 0 Å². The Morgan fingerprint density at radius 3 is 2.56 bits per heavy atom. The van der Waals surface area contributed by atoms with Gasteiger partial charge in [-0.1, -0.05) is 12.1 Å². The van der Waals surface area contributed by atoms with E-state index >= 15 is 0 Å². The van der Waals surface area contributed by atoms with Crippen molar-refractivity contribution in [3.63, 3.8) is 0 Å². The molecule has 0 radical (unpaired) electrons. The molecule has 0 bridgehead atoms. The molecule has 84 valence electrons. The number of hydrogen-bond donors (Lipinski definition) is 3. The summed E-state index contributed by atoms with van der Waals surface area (Å²) in [6, 6.07) is 6.36. The van der Waals surface area contributed by atoms with E-state index < -0.39 is 5.97 Å². The normalized spacial score (nSPS) is 10.1. The van der Waals surface area contributed by atoms with E-state index in [9.17, 15) is 4.79 Å². The Labute approximate surface area is 98.2 Å². The van der Waals surface area contributed by atoms with Crippen molar-refractivity contribution in [2.75, 3.05) is 7.05 Å². The molecule has 0 atom stereocenters. The molecule has 0 aliphatic heterocycles. The minimum absolute atomic E-state index is 0.246. The highest BCUT2D eigenvalue weighted by Crippen LogP contribution is 2.01. The van der Waals surface area contributed by atoms with Crippen LogP contribution in [0.2, 0.25) is 0 Å². The average Bonchev–Trinajstić information content (AvgIpc) is 2.29. The number of thiocarbonyl (C=S) groups is 1. The minimum atomic E-state index is -0.946. The molecule has 6 heteroatoms. The molecule has 0 spiro atoms. The van der Waals surface area contributed by atoms with Crippen LogP contribution in [0, 0.1) is 0 Å². The summed E-state index contributed by atoms with van der Waals surface area (Å²) >= 11 is 4.81. The van der Waals surface area contributed by atoms with E-state index in [4.69, 9.17) is 17.3 Å². The Morgan fingerprint density at radius 1 is 1.44 bits per heavy atom. The third-order valence-corrected chi connectivity index (χ3v) is 2.06. The lowest BCUT2D eigenvalue weighted by Gasteiger charge is -1.99. The van der Waals surface area contributed by atoms with E-state index in [1.54, 1.807) is 25.4 Å². The van der Waals surface area contributed by atoms with Gasteiger partial charge in [-0.25, -0.2) is 4.79 Å². The van der Waals surface area contributed by atoms with Gasteiger partial charge in [-0.15, -0.1) is 0 Å². The molecule has 0 saturated carbocycles. The summed E-state index contributed by atoms with van der Waals surface area (Å²) in [4.78, 5) is 10.6. The van der Waals surface area contributed by atoms with Crippen LogP contribution in [0.1, 0.15) is 15.9 Å². The van der Waals surface area contributed by atoms with Crippen molar-refractivity contribution in [3.05, 3.63) is 35.4 Å². The van der Waals surface area contributed by atoms with Gasteiger partial charge in [-0.05, 0) is 29.9 Å². The van der Waals surface area contributed by atoms with E-state index in [2.05, 4.69) is 15.8 Å². The lowest BCUT2D eigenvalue weighted by Crippen LogP contribution is -2.28. The lowest BCUT2D eigenvalue weighted by molar-refractivity contribution is 0.0697. The molecule has 3 N–H and O–H groups in total. The van der Waals surface area contributed by atoms with Crippen molar-refractivity contribution in [2.45, 2.75) is 0 Å². The van der Waals surface area contributed by atoms with Gasteiger partial charge in [0.25, 0.3) is 0 Å². The number of nitrogens with one attached hydrogen (secondary N) is 2. The molecule has 0 aliphatic carbocycles. The van der Waals surface area contributed by atoms with Crippen molar-refractivity contribution in [1.29, 1.82) is 0 Å². The Hall–Kier alpha value is -1.95. The largest absolute Gasteiger partial charge is 0.478 e. The second-order valence-corrected chi connectivity index (χ2v) is 3.28. The molecule has 0 aromatic heterocycles. The van der Waals surface area contributed by atoms with Crippen LogP contribution in [0.3, 0.4) is 0 Å². The Morgan fingerprint density at radius 2 is 2.06 bits per heavy atom. The van der Waals surface area contributed by atoms with E-state index in [0.717, 1.165) is 5.56 Å². The monoisotopic (exact) mass is 237 g/mol. The fourth-order valence-corrected chi connectivity index (χ4v) is 0.986. The smallest absolute Gasteiger partial charge is 0.335 e. The Bertz CT molecular complexity index is 415. The number of carboxylic acid groups (broad SMARTS) is 1. The predicted octanol–water partition coefficient (Wildman–Crippen LogP) is 0.813. The van der Waals surface area contributed by atoms with Crippen LogP contribution < -0.4 is 10.7 Å². The van der Waals surface area contributed by atoms with Crippen LogP contribution in [0.5, 0.6) is 0 Å². The number of hydrazone groups is 1. The van der Waals surface area contributed by atoms with Crippen molar-refractivity contribution < 1.29 is 9.90 Å². The molecular formula is C10H11N3O2S. The fourth-order valence-electron chi connectivity index (χ4n) is 0.933. The number of carboxylic acids is 1. The quantitative estimate of drug-likeness (QED) is 0.412. The van der Waals surface area contributed by atoms with Crippen LogP contribution in [0.15, 0.2) is 29.4 Å². The van der Waals surface area contributed by atoms with Gasteiger partial charge in [0.05, 0.1) is 11.8 Å². The van der Waals surface area contributed by atoms with Gasteiger partial charge in [0, 0.05) is 7.05 Å². The van der Waals surface area contributed by atoms with Gasteiger partial charge in [0.1, 0.15) is 0 Å². The SMILES string of the molecule is CNC(=S)NN=Cc1ccc(C(=O)O)cc1. The minimum Gasteiger partial charge on any atom is -0.478 e. The number of carbonyl (C=O) groups is 1. The molecule has 0 saturated heterocycles. The topological polar surface area (TPSA) is 73.7 Å². The maximum atomic E-state index is 10.6. The van der Waals surface area contributed by atoms with Crippen LogP contribution >= 0.6 is 12.2 Å². The summed E-state index contributed by atoms with van der Waals surface area (Å²) in [5.74, 6) is -0.946. The summed E-state index contributed by atoms with van der Waals surface area (Å²) in [5.41, 5.74) is 3.63. The van der Waals surface area contributed by atoms with Crippen molar-refractivity contribution in [3.8, 4) is 0 Å². The maximum Gasteiger partial charge on any atom is 0.335 e. The fraction of sp³-hybridized carbons (Fsp3) is 0.100. The van der Waals surface area contributed by atoms with Gasteiger partial charge < -0.3 is 10.4 Å².